The van der Waals surface area contributed by atoms with E-state index in [0.29, 0.717) is 0 Å². The minimum atomic E-state index is -4.18. The van der Waals surface area contributed by atoms with Crippen LogP contribution in [0.4, 0.5) is 13.2 Å². The summed E-state index contributed by atoms with van der Waals surface area (Å²) in [5.74, 6) is 0. The summed E-state index contributed by atoms with van der Waals surface area (Å²) in [6.07, 6.45) is -4.18. The van der Waals surface area contributed by atoms with Crippen LogP contribution in [-0.2, 0) is 0 Å². The molecular formula is C2H4BF3N. The molecule has 0 aliphatic heterocycles. The molecule has 0 spiro atoms. The normalized spacial score (nSPS) is 10.3. The Bertz CT molecular complexity index is 42.7. The molecule has 0 aromatic carbocycles. The first-order valence-corrected chi connectivity index (χ1v) is 1.33. The lowest BCUT2D eigenvalue weighted by Gasteiger charge is -1.96. The molecule has 2 N–H and O–H groups in total. The topological polar surface area (TPSA) is 26.0 Å². The van der Waals surface area contributed by atoms with Crippen molar-refractivity contribution in [2.75, 3.05) is 6.54 Å². The monoisotopic (exact) mass is 110 g/mol. The molecule has 0 atom stereocenters. The second kappa shape index (κ2) is 2.90. The molecule has 0 unspecified atom stereocenters. The Morgan fingerprint density at radius 2 is 1.43 bits per heavy atom. The molecule has 3 radical (unpaired) electrons. The third-order valence-electron chi connectivity index (χ3n) is 0.231. The Kier molecular flexibility index (Phi) is 4.12. The van der Waals surface area contributed by atoms with Gasteiger partial charge in [0, 0.05) is 8.41 Å². The van der Waals surface area contributed by atoms with Gasteiger partial charge in [-0.1, -0.05) is 0 Å². The third-order valence-corrected chi connectivity index (χ3v) is 0.231. The summed E-state index contributed by atoms with van der Waals surface area (Å²) in [5.41, 5.74) is 4.18. The van der Waals surface area contributed by atoms with Gasteiger partial charge in [0.2, 0.25) is 0 Å². The number of alkyl halides is 3. The van der Waals surface area contributed by atoms with Crippen molar-refractivity contribution in [2.24, 2.45) is 5.73 Å². The molecule has 0 rings (SSSR count). The molecular weight excluding hydrogens is 106 g/mol. The summed E-state index contributed by atoms with van der Waals surface area (Å²) in [4.78, 5) is 0. The zero-order chi connectivity index (χ0) is 5.21. The van der Waals surface area contributed by atoms with Gasteiger partial charge < -0.3 is 5.73 Å². The van der Waals surface area contributed by atoms with Crippen molar-refractivity contribution in [3.05, 3.63) is 0 Å². The fraction of sp³-hybridized carbons (Fsp3) is 1.00. The Labute approximate surface area is 41.3 Å². The van der Waals surface area contributed by atoms with Crippen molar-refractivity contribution in [2.45, 2.75) is 6.18 Å². The van der Waals surface area contributed by atoms with Crippen molar-refractivity contribution in [1.82, 2.24) is 0 Å². The molecule has 0 saturated heterocycles. The zero-order valence-electron chi connectivity index (χ0n) is 3.50. The van der Waals surface area contributed by atoms with Crippen LogP contribution in [0.15, 0.2) is 0 Å². The average Bonchev–Trinajstić information content (AvgIpc) is 1.35. The minimum absolute atomic E-state index is 0. The molecule has 7 heavy (non-hydrogen) atoms. The fourth-order valence-electron chi connectivity index (χ4n) is 0. The van der Waals surface area contributed by atoms with E-state index in [0.717, 1.165) is 0 Å². The van der Waals surface area contributed by atoms with Gasteiger partial charge in [-0.05, 0) is 0 Å². The van der Waals surface area contributed by atoms with Gasteiger partial charge in [-0.15, -0.1) is 0 Å². The standard InChI is InChI=1S/C2H4F3N.B/c3-2(4,5)1-6;/h1,6H2;. The van der Waals surface area contributed by atoms with Crippen molar-refractivity contribution < 1.29 is 13.2 Å². The summed E-state index contributed by atoms with van der Waals surface area (Å²) in [5, 5.41) is 0. The maximum Gasteiger partial charge on any atom is 0.400 e. The quantitative estimate of drug-likeness (QED) is 0.440. The summed E-state index contributed by atoms with van der Waals surface area (Å²) >= 11 is 0. The van der Waals surface area contributed by atoms with E-state index in [1.54, 1.807) is 0 Å². The molecule has 1 nitrogen and oxygen atoms in total. The maximum atomic E-state index is 10.7. The van der Waals surface area contributed by atoms with Crippen LogP contribution in [0.1, 0.15) is 0 Å². The Balaban J connectivity index is 0. The van der Waals surface area contributed by atoms with Gasteiger partial charge in [0.1, 0.15) is 0 Å². The lowest BCUT2D eigenvalue weighted by molar-refractivity contribution is -0.118. The number of rotatable bonds is 0. The van der Waals surface area contributed by atoms with Gasteiger partial charge in [0.25, 0.3) is 0 Å². The lowest BCUT2D eigenvalue weighted by Crippen LogP contribution is -2.21. The van der Waals surface area contributed by atoms with E-state index in [2.05, 4.69) is 5.73 Å². The molecule has 0 fully saturated rings. The second-order valence-corrected chi connectivity index (χ2v) is 0.819. The molecule has 0 aromatic rings. The summed E-state index contributed by atoms with van der Waals surface area (Å²) in [6, 6.07) is 0. The van der Waals surface area contributed by atoms with Crippen LogP contribution in [0, 0.1) is 0 Å². The SMILES string of the molecule is NCC(F)(F)F.[B]. The van der Waals surface area contributed by atoms with E-state index in [4.69, 9.17) is 0 Å². The first-order valence-electron chi connectivity index (χ1n) is 1.33. The zero-order valence-corrected chi connectivity index (χ0v) is 3.50. The van der Waals surface area contributed by atoms with Crippen LogP contribution in [0.5, 0.6) is 0 Å². The molecule has 41 valence electrons. The maximum absolute atomic E-state index is 10.7. The van der Waals surface area contributed by atoms with E-state index in [9.17, 15) is 13.2 Å². The number of nitrogens with two attached hydrogens (primary N) is 1. The second-order valence-electron chi connectivity index (χ2n) is 0.819. The predicted octanol–water partition coefficient (Wildman–Crippen LogP) is 0.127. The summed E-state index contributed by atoms with van der Waals surface area (Å²) in [6.45, 7) is -1.23. The Morgan fingerprint density at radius 1 is 1.29 bits per heavy atom. The highest BCUT2D eigenvalue weighted by Gasteiger charge is 2.23. The van der Waals surface area contributed by atoms with Gasteiger partial charge in [-0.3, -0.25) is 0 Å². The van der Waals surface area contributed by atoms with Gasteiger partial charge in [-0.2, -0.15) is 13.2 Å². The molecule has 0 saturated carbocycles. The molecule has 0 aromatic heterocycles. The van der Waals surface area contributed by atoms with Crippen LogP contribution < -0.4 is 5.73 Å². The van der Waals surface area contributed by atoms with Gasteiger partial charge >= 0.3 is 6.18 Å². The molecule has 0 aliphatic carbocycles. The molecule has 5 heteroatoms. The summed E-state index contributed by atoms with van der Waals surface area (Å²) < 4.78 is 32.0. The van der Waals surface area contributed by atoms with E-state index < -0.39 is 12.7 Å². The highest BCUT2D eigenvalue weighted by molar-refractivity contribution is 5.75. The van der Waals surface area contributed by atoms with Crippen LogP contribution in [0.2, 0.25) is 0 Å². The first kappa shape index (κ1) is 9.94. The molecule has 0 bridgehead atoms. The van der Waals surface area contributed by atoms with E-state index >= 15 is 0 Å². The van der Waals surface area contributed by atoms with Crippen molar-refractivity contribution in [1.29, 1.82) is 0 Å². The Hall–Kier alpha value is -0.185. The highest BCUT2D eigenvalue weighted by atomic mass is 19.4. The fourth-order valence-corrected chi connectivity index (χ4v) is 0. The number of hydrogen-bond donors (Lipinski definition) is 1. The van der Waals surface area contributed by atoms with Gasteiger partial charge in [-0.25, -0.2) is 0 Å². The van der Waals surface area contributed by atoms with E-state index in [1.165, 1.54) is 0 Å². The van der Waals surface area contributed by atoms with Gasteiger partial charge in [0.05, 0.1) is 6.54 Å². The average molecular weight is 110 g/mol. The molecule has 0 amide bonds. The lowest BCUT2D eigenvalue weighted by atomic mass is 10.7. The van der Waals surface area contributed by atoms with E-state index in [1.807, 2.05) is 0 Å². The first-order chi connectivity index (χ1) is 2.56. The molecule has 0 heterocycles. The van der Waals surface area contributed by atoms with Crippen LogP contribution in [0.3, 0.4) is 0 Å². The third kappa shape index (κ3) is 10.7. The van der Waals surface area contributed by atoms with Gasteiger partial charge in [0.15, 0.2) is 0 Å². The largest absolute Gasteiger partial charge is 0.400 e. The van der Waals surface area contributed by atoms with Crippen molar-refractivity contribution in [3.63, 3.8) is 0 Å². The van der Waals surface area contributed by atoms with Crippen LogP contribution in [-0.4, -0.2) is 21.1 Å². The molecule has 0 aliphatic rings. The highest BCUT2D eigenvalue weighted by Crippen LogP contribution is 2.10. The Morgan fingerprint density at radius 3 is 1.43 bits per heavy atom. The number of halogens is 3. The minimum Gasteiger partial charge on any atom is -0.323 e. The van der Waals surface area contributed by atoms with Crippen molar-refractivity contribution in [3.8, 4) is 0 Å². The van der Waals surface area contributed by atoms with E-state index in [-0.39, 0.29) is 8.41 Å². The van der Waals surface area contributed by atoms with Crippen molar-refractivity contribution >= 4 is 8.41 Å². The van der Waals surface area contributed by atoms with Crippen LogP contribution >= 0.6 is 0 Å². The predicted molar refractivity (Wildman–Crippen MR) is 20.9 cm³/mol. The summed E-state index contributed by atoms with van der Waals surface area (Å²) in [7, 11) is 0. The smallest absolute Gasteiger partial charge is 0.323 e. The van der Waals surface area contributed by atoms with Crippen LogP contribution in [0.25, 0.3) is 0 Å². The number of hydrogen-bond acceptors (Lipinski definition) is 1.